The Morgan fingerprint density at radius 1 is 1.36 bits per heavy atom. The molecule has 134 valence electrons. The molecule has 3 heterocycles. The lowest BCUT2D eigenvalue weighted by Crippen LogP contribution is -2.33. The van der Waals surface area contributed by atoms with Crippen molar-refractivity contribution >= 4 is 5.91 Å². The fourth-order valence-corrected chi connectivity index (χ4v) is 3.01. The Hall–Kier alpha value is -2.41. The second-order valence-electron chi connectivity index (χ2n) is 6.32. The highest BCUT2D eigenvalue weighted by atomic mass is 16.5. The monoisotopic (exact) mass is 344 g/mol. The summed E-state index contributed by atoms with van der Waals surface area (Å²) in [5.74, 6) is 0.783. The van der Waals surface area contributed by atoms with E-state index < -0.39 is 6.10 Å². The average Bonchev–Trinajstić information content (AvgIpc) is 3.06. The van der Waals surface area contributed by atoms with Crippen molar-refractivity contribution in [3.05, 3.63) is 42.7 Å². The molecule has 1 amide bonds. The molecule has 7 nitrogen and oxygen atoms in total. The van der Waals surface area contributed by atoms with Crippen molar-refractivity contribution in [2.75, 3.05) is 13.1 Å². The van der Waals surface area contributed by atoms with Gasteiger partial charge in [0.1, 0.15) is 11.9 Å². The number of carbonyl (C=O) groups excluding carboxylic acids is 1. The van der Waals surface area contributed by atoms with E-state index in [-0.39, 0.29) is 12.0 Å². The summed E-state index contributed by atoms with van der Waals surface area (Å²) in [7, 11) is 0. The number of pyridine rings is 1. The third-order valence-corrected chi connectivity index (χ3v) is 4.54. The highest BCUT2D eigenvalue weighted by Gasteiger charge is 2.28. The van der Waals surface area contributed by atoms with Crippen LogP contribution in [0.15, 0.2) is 37.1 Å². The van der Waals surface area contributed by atoms with Crippen LogP contribution in [0.2, 0.25) is 0 Å². The zero-order valence-electron chi connectivity index (χ0n) is 14.4. The van der Waals surface area contributed by atoms with E-state index in [1.54, 1.807) is 18.7 Å². The van der Waals surface area contributed by atoms with E-state index in [9.17, 15) is 9.90 Å². The second kappa shape index (κ2) is 8.11. The van der Waals surface area contributed by atoms with Crippen molar-refractivity contribution in [1.29, 1.82) is 0 Å². The van der Waals surface area contributed by atoms with Crippen LogP contribution < -0.4 is 4.74 Å². The summed E-state index contributed by atoms with van der Waals surface area (Å²) in [6.07, 6.45) is 7.60. The lowest BCUT2D eigenvalue weighted by Gasteiger charge is -2.22. The molecule has 1 N–H and O–H groups in total. The fourth-order valence-electron chi connectivity index (χ4n) is 3.01. The first-order valence-electron chi connectivity index (χ1n) is 8.63. The van der Waals surface area contributed by atoms with Gasteiger partial charge in [-0.3, -0.25) is 9.78 Å². The van der Waals surface area contributed by atoms with Crippen LogP contribution >= 0.6 is 0 Å². The summed E-state index contributed by atoms with van der Waals surface area (Å²) in [6, 6.07) is 3.67. The fraction of sp³-hybridized carbons (Fsp3) is 0.500. The molecule has 2 aromatic heterocycles. The summed E-state index contributed by atoms with van der Waals surface area (Å²) in [4.78, 5) is 22.4. The molecule has 7 heteroatoms. The third kappa shape index (κ3) is 4.57. The topological polar surface area (TPSA) is 80.5 Å². The van der Waals surface area contributed by atoms with Crippen molar-refractivity contribution in [1.82, 2.24) is 19.4 Å². The molecule has 3 rings (SSSR count). The molecule has 1 aliphatic heterocycles. The predicted molar refractivity (Wildman–Crippen MR) is 92.1 cm³/mol. The number of likely N-dealkylation sites (tertiary alicyclic amines) is 1. The Morgan fingerprint density at radius 3 is 2.96 bits per heavy atom. The largest absolute Gasteiger partial charge is 0.486 e. The van der Waals surface area contributed by atoms with Crippen molar-refractivity contribution in [3.8, 4) is 5.75 Å². The summed E-state index contributed by atoms with van der Waals surface area (Å²) < 4.78 is 7.85. The van der Waals surface area contributed by atoms with E-state index >= 15 is 0 Å². The van der Waals surface area contributed by atoms with Gasteiger partial charge in [0.15, 0.2) is 0 Å². The van der Waals surface area contributed by atoms with Crippen molar-refractivity contribution in [3.63, 3.8) is 0 Å². The first-order chi connectivity index (χ1) is 12.1. The van der Waals surface area contributed by atoms with Gasteiger partial charge in [-0.1, -0.05) is 0 Å². The van der Waals surface area contributed by atoms with Gasteiger partial charge in [-0.05, 0) is 25.5 Å². The van der Waals surface area contributed by atoms with Crippen molar-refractivity contribution < 1.29 is 14.6 Å². The number of rotatable bonds is 5. The van der Waals surface area contributed by atoms with Crippen LogP contribution in [0, 0.1) is 6.92 Å². The van der Waals surface area contributed by atoms with Gasteiger partial charge in [0.05, 0.1) is 18.1 Å². The Balaban J connectivity index is 1.55. The minimum atomic E-state index is -0.592. The number of aliphatic hydroxyl groups is 1. The zero-order valence-corrected chi connectivity index (χ0v) is 14.4. The molecule has 1 fully saturated rings. The molecule has 0 bridgehead atoms. The van der Waals surface area contributed by atoms with E-state index in [2.05, 4.69) is 9.97 Å². The molecule has 0 aromatic carbocycles. The lowest BCUT2D eigenvalue weighted by atomic mass is 10.1. The van der Waals surface area contributed by atoms with Crippen molar-refractivity contribution in [2.24, 2.45) is 0 Å². The number of aryl methyl sites for hydroxylation is 2. The zero-order chi connectivity index (χ0) is 17.6. The molecule has 0 spiro atoms. The minimum absolute atomic E-state index is 0.0964. The maximum Gasteiger partial charge on any atom is 0.224 e. The number of amides is 1. The SMILES string of the molecule is Cc1ncccc1O[C@H]1CCN(C(=O)CCn2ccnc2)CC[C@@H]1O. The molecule has 0 saturated carbocycles. The van der Waals surface area contributed by atoms with Gasteiger partial charge < -0.3 is 19.3 Å². The first-order valence-corrected chi connectivity index (χ1v) is 8.63. The van der Waals surface area contributed by atoms with Gasteiger partial charge >= 0.3 is 0 Å². The molecule has 0 radical (unpaired) electrons. The number of hydrogen-bond donors (Lipinski definition) is 1. The maximum atomic E-state index is 12.4. The summed E-state index contributed by atoms with van der Waals surface area (Å²) in [5.41, 5.74) is 0.798. The maximum absolute atomic E-state index is 12.4. The van der Waals surface area contributed by atoms with Crippen LogP contribution in [0.1, 0.15) is 25.0 Å². The van der Waals surface area contributed by atoms with Crippen LogP contribution in [0.25, 0.3) is 0 Å². The summed E-state index contributed by atoms with van der Waals surface area (Å²) in [5, 5.41) is 10.4. The summed E-state index contributed by atoms with van der Waals surface area (Å²) in [6.45, 7) is 3.64. The quantitative estimate of drug-likeness (QED) is 0.887. The van der Waals surface area contributed by atoms with Gasteiger partial charge in [0, 0.05) is 51.1 Å². The van der Waals surface area contributed by atoms with Crippen LogP contribution in [0.3, 0.4) is 0 Å². The van der Waals surface area contributed by atoms with Gasteiger partial charge in [-0.25, -0.2) is 4.98 Å². The van der Waals surface area contributed by atoms with Gasteiger partial charge in [0.2, 0.25) is 5.91 Å². The average molecular weight is 344 g/mol. The molecular formula is C18H24N4O3. The van der Waals surface area contributed by atoms with E-state index in [0.717, 1.165) is 5.69 Å². The molecule has 2 atom stereocenters. The number of aromatic nitrogens is 3. The number of hydrogen-bond acceptors (Lipinski definition) is 5. The number of nitrogens with zero attached hydrogens (tertiary/aromatic N) is 4. The van der Waals surface area contributed by atoms with E-state index in [4.69, 9.17) is 4.74 Å². The highest BCUT2D eigenvalue weighted by Crippen LogP contribution is 2.22. The van der Waals surface area contributed by atoms with E-state index in [1.807, 2.05) is 34.7 Å². The van der Waals surface area contributed by atoms with Gasteiger partial charge in [-0.2, -0.15) is 0 Å². The molecule has 0 aliphatic carbocycles. The van der Waals surface area contributed by atoms with Gasteiger partial charge in [-0.15, -0.1) is 0 Å². The minimum Gasteiger partial charge on any atom is -0.486 e. The molecule has 1 aliphatic rings. The first kappa shape index (κ1) is 17.4. The van der Waals surface area contributed by atoms with Crippen LogP contribution in [-0.4, -0.2) is 55.7 Å². The Kier molecular flexibility index (Phi) is 5.65. The number of ether oxygens (including phenoxy) is 1. The van der Waals surface area contributed by atoms with Crippen LogP contribution in [0.5, 0.6) is 5.75 Å². The second-order valence-corrected chi connectivity index (χ2v) is 6.32. The van der Waals surface area contributed by atoms with Crippen LogP contribution in [0.4, 0.5) is 0 Å². The van der Waals surface area contributed by atoms with Crippen LogP contribution in [-0.2, 0) is 11.3 Å². The smallest absolute Gasteiger partial charge is 0.224 e. The third-order valence-electron chi connectivity index (χ3n) is 4.54. The molecule has 0 unspecified atom stereocenters. The number of carbonyl (C=O) groups is 1. The number of aliphatic hydroxyl groups excluding tert-OH is 1. The van der Waals surface area contributed by atoms with E-state index in [0.29, 0.717) is 44.6 Å². The standard InChI is InChI=1S/C18H24N4O3/c1-14-16(3-2-7-20-14)25-17-5-11-22(10-4-15(17)23)18(24)6-9-21-12-8-19-13-21/h2-3,7-8,12-13,15,17,23H,4-6,9-11H2,1H3/t15-,17-/m0/s1. The number of imidazole rings is 1. The molecule has 2 aromatic rings. The Bertz CT molecular complexity index is 689. The highest BCUT2D eigenvalue weighted by molar-refractivity contribution is 5.76. The lowest BCUT2D eigenvalue weighted by molar-refractivity contribution is -0.131. The Labute approximate surface area is 147 Å². The normalized spacial score (nSPS) is 21.0. The van der Waals surface area contributed by atoms with Gasteiger partial charge in [0.25, 0.3) is 0 Å². The molecule has 25 heavy (non-hydrogen) atoms. The molecule has 1 saturated heterocycles. The van der Waals surface area contributed by atoms with E-state index in [1.165, 1.54) is 0 Å². The Morgan fingerprint density at radius 2 is 2.20 bits per heavy atom. The predicted octanol–water partition coefficient (Wildman–Crippen LogP) is 1.41. The summed E-state index contributed by atoms with van der Waals surface area (Å²) >= 11 is 0. The molecular weight excluding hydrogens is 320 g/mol. The van der Waals surface area contributed by atoms with Crippen molar-refractivity contribution in [2.45, 2.75) is 44.9 Å².